The molecule has 1 saturated heterocycles. The Kier molecular flexibility index (Phi) is 5.86. The second-order valence-corrected chi connectivity index (χ2v) is 5.99. The van der Waals surface area contributed by atoms with Gasteiger partial charge in [0.05, 0.1) is 7.11 Å². The van der Waals surface area contributed by atoms with Crippen molar-refractivity contribution in [2.45, 2.75) is 45.2 Å². The van der Waals surface area contributed by atoms with Gasteiger partial charge in [0.25, 0.3) is 0 Å². The van der Waals surface area contributed by atoms with Crippen LogP contribution in [0, 0.1) is 0 Å². The fraction of sp³-hybridized carbons (Fsp3) is 0.647. The summed E-state index contributed by atoms with van der Waals surface area (Å²) in [6, 6.07) is 9.72. The molecule has 3 heteroatoms. The number of nitrogens with zero attached hydrogens (tertiary/aromatic N) is 1. The van der Waals surface area contributed by atoms with E-state index in [1.807, 2.05) is 0 Å². The molecule has 20 heavy (non-hydrogen) atoms. The van der Waals surface area contributed by atoms with Crippen molar-refractivity contribution in [3.05, 3.63) is 29.8 Å². The maximum absolute atomic E-state index is 5.20. The molecule has 1 aromatic rings. The van der Waals surface area contributed by atoms with Gasteiger partial charge in [0.1, 0.15) is 5.75 Å². The van der Waals surface area contributed by atoms with Gasteiger partial charge < -0.3 is 15.0 Å². The van der Waals surface area contributed by atoms with Gasteiger partial charge in [0.2, 0.25) is 0 Å². The first-order valence-corrected chi connectivity index (χ1v) is 7.78. The van der Waals surface area contributed by atoms with Crippen LogP contribution in [0.5, 0.6) is 5.75 Å². The second-order valence-electron chi connectivity index (χ2n) is 5.99. The van der Waals surface area contributed by atoms with Crippen molar-refractivity contribution in [3.63, 3.8) is 0 Å². The fourth-order valence-corrected chi connectivity index (χ4v) is 2.82. The summed E-state index contributed by atoms with van der Waals surface area (Å²) in [5, 5.41) is 3.65. The lowest BCUT2D eigenvalue weighted by molar-refractivity contribution is 0.221. The summed E-state index contributed by atoms with van der Waals surface area (Å²) in [6.07, 6.45) is 3.61. The van der Waals surface area contributed by atoms with Gasteiger partial charge in [0.15, 0.2) is 0 Å². The van der Waals surface area contributed by atoms with E-state index < -0.39 is 0 Å². The number of rotatable bonds is 4. The lowest BCUT2D eigenvalue weighted by Gasteiger charge is -2.30. The first-order chi connectivity index (χ1) is 9.67. The van der Waals surface area contributed by atoms with E-state index in [1.54, 1.807) is 7.11 Å². The predicted molar refractivity (Wildman–Crippen MR) is 84.4 cm³/mol. The Morgan fingerprint density at radius 3 is 2.25 bits per heavy atom. The van der Waals surface area contributed by atoms with Crippen molar-refractivity contribution < 1.29 is 4.74 Å². The van der Waals surface area contributed by atoms with Gasteiger partial charge in [-0.25, -0.2) is 0 Å². The molecule has 0 saturated carbocycles. The molecule has 1 aliphatic heterocycles. The molecular weight excluding hydrogens is 248 g/mol. The van der Waals surface area contributed by atoms with E-state index in [2.05, 4.69) is 48.3 Å². The van der Waals surface area contributed by atoms with E-state index >= 15 is 0 Å². The van der Waals surface area contributed by atoms with Crippen LogP contribution in [0.3, 0.4) is 0 Å². The van der Waals surface area contributed by atoms with Crippen molar-refractivity contribution in [2.24, 2.45) is 0 Å². The van der Waals surface area contributed by atoms with Crippen molar-refractivity contribution in [1.82, 2.24) is 10.2 Å². The molecular formula is C17H28N2O. The highest BCUT2D eigenvalue weighted by Gasteiger charge is 2.15. The highest BCUT2D eigenvalue weighted by molar-refractivity contribution is 5.27. The van der Waals surface area contributed by atoms with Crippen LogP contribution in [0.2, 0.25) is 0 Å². The third-order valence-electron chi connectivity index (χ3n) is 4.20. The molecule has 3 nitrogen and oxygen atoms in total. The van der Waals surface area contributed by atoms with Gasteiger partial charge in [-0.05, 0) is 63.9 Å². The zero-order valence-electron chi connectivity index (χ0n) is 13.1. The quantitative estimate of drug-likeness (QED) is 0.915. The molecule has 1 aliphatic rings. The standard InChI is InChI=1S/C17H28N2O/c1-14-8-11-19(12-9-15(2)18-14)13-10-16-4-6-17(20-3)7-5-16/h4-7,14-15,18H,8-13H2,1-3H3. The maximum Gasteiger partial charge on any atom is 0.118 e. The molecule has 1 fully saturated rings. The number of ether oxygens (including phenoxy) is 1. The van der Waals surface area contributed by atoms with E-state index in [1.165, 1.54) is 31.5 Å². The smallest absolute Gasteiger partial charge is 0.118 e. The molecule has 0 bridgehead atoms. The van der Waals surface area contributed by atoms with Crippen LogP contribution in [0.25, 0.3) is 0 Å². The molecule has 0 aromatic heterocycles. The van der Waals surface area contributed by atoms with Crippen LogP contribution in [0.4, 0.5) is 0 Å². The van der Waals surface area contributed by atoms with Crippen molar-refractivity contribution >= 4 is 0 Å². The molecule has 1 aromatic carbocycles. The Bertz CT molecular complexity index is 378. The third kappa shape index (κ3) is 4.80. The molecule has 2 atom stereocenters. The third-order valence-corrected chi connectivity index (χ3v) is 4.20. The first-order valence-electron chi connectivity index (χ1n) is 7.78. The van der Waals surface area contributed by atoms with Crippen molar-refractivity contribution in [3.8, 4) is 5.75 Å². The van der Waals surface area contributed by atoms with Gasteiger partial charge in [-0.1, -0.05) is 12.1 Å². The first kappa shape index (κ1) is 15.3. The second kappa shape index (κ2) is 7.65. The normalized spacial score (nSPS) is 24.9. The highest BCUT2D eigenvalue weighted by Crippen LogP contribution is 2.13. The lowest BCUT2D eigenvalue weighted by atomic mass is 10.1. The van der Waals surface area contributed by atoms with Crippen LogP contribution in [0.1, 0.15) is 32.3 Å². The molecule has 0 spiro atoms. The van der Waals surface area contributed by atoms with E-state index in [4.69, 9.17) is 4.74 Å². The largest absolute Gasteiger partial charge is 0.497 e. The number of hydrogen-bond acceptors (Lipinski definition) is 3. The summed E-state index contributed by atoms with van der Waals surface area (Å²) < 4.78 is 5.20. The Hall–Kier alpha value is -1.06. The average molecular weight is 276 g/mol. The van der Waals surface area contributed by atoms with Gasteiger partial charge in [-0.2, -0.15) is 0 Å². The van der Waals surface area contributed by atoms with Crippen LogP contribution >= 0.6 is 0 Å². The maximum atomic E-state index is 5.20. The van der Waals surface area contributed by atoms with Crippen LogP contribution in [0.15, 0.2) is 24.3 Å². The molecule has 0 radical (unpaired) electrons. The molecule has 1 N–H and O–H groups in total. The van der Waals surface area contributed by atoms with Crippen LogP contribution in [-0.2, 0) is 6.42 Å². The van der Waals surface area contributed by atoms with Gasteiger partial charge in [-0.3, -0.25) is 0 Å². The summed E-state index contributed by atoms with van der Waals surface area (Å²) in [5.74, 6) is 0.939. The summed E-state index contributed by atoms with van der Waals surface area (Å²) >= 11 is 0. The van der Waals surface area contributed by atoms with E-state index in [0.717, 1.165) is 18.7 Å². The molecule has 0 aliphatic carbocycles. The zero-order valence-corrected chi connectivity index (χ0v) is 13.1. The van der Waals surface area contributed by atoms with Crippen LogP contribution < -0.4 is 10.1 Å². The molecule has 0 amide bonds. The monoisotopic (exact) mass is 276 g/mol. The number of benzene rings is 1. The number of nitrogens with one attached hydrogen (secondary N) is 1. The fourth-order valence-electron chi connectivity index (χ4n) is 2.82. The van der Waals surface area contributed by atoms with Gasteiger partial charge in [-0.15, -0.1) is 0 Å². The van der Waals surface area contributed by atoms with E-state index in [0.29, 0.717) is 12.1 Å². The van der Waals surface area contributed by atoms with Crippen LogP contribution in [-0.4, -0.2) is 43.7 Å². The Balaban J connectivity index is 1.82. The molecule has 112 valence electrons. The van der Waals surface area contributed by atoms with Gasteiger partial charge >= 0.3 is 0 Å². The predicted octanol–water partition coefficient (Wildman–Crippen LogP) is 2.70. The van der Waals surface area contributed by atoms with Gasteiger partial charge in [0, 0.05) is 18.6 Å². The average Bonchev–Trinajstić information content (AvgIpc) is 2.45. The van der Waals surface area contributed by atoms with E-state index in [-0.39, 0.29) is 0 Å². The molecule has 2 unspecified atom stereocenters. The Labute approximate surface area is 123 Å². The number of methoxy groups -OCH3 is 1. The molecule has 1 heterocycles. The minimum atomic E-state index is 0.633. The topological polar surface area (TPSA) is 24.5 Å². The summed E-state index contributed by atoms with van der Waals surface area (Å²) in [7, 11) is 1.71. The SMILES string of the molecule is COc1ccc(CCN2CCC(C)NC(C)CC2)cc1. The van der Waals surface area contributed by atoms with E-state index in [9.17, 15) is 0 Å². The highest BCUT2D eigenvalue weighted by atomic mass is 16.5. The summed E-state index contributed by atoms with van der Waals surface area (Å²) in [6.45, 7) is 8.16. The Morgan fingerprint density at radius 1 is 1.10 bits per heavy atom. The zero-order chi connectivity index (χ0) is 14.4. The number of hydrogen-bond donors (Lipinski definition) is 1. The van der Waals surface area contributed by atoms with Crippen molar-refractivity contribution in [1.29, 1.82) is 0 Å². The minimum absolute atomic E-state index is 0.633. The summed E-state index contributed by atoms with van der Waals surface area (Å²) in [5.41, 5.74) is 1.40. The van der Waals surface area contributed by atoms with Crippen molar-refractivity contribution in [2.75, 3.05) is 26.7 Å². The molecule has 2 rings (SSSR count). The summed E-state index contributed by atoms with van der Waals surface area (Å²) in [4.78, 5) is 2.61. The Morgan fingerprint density at radius 2 is 1.70 bits per heavy atom. The lowest BCUT2D eigenvalue weighted by Crippen LogP contribution is -2.43. The minimum Gasteiger partial charge on any atom is -0.497 e.